The quantitative estimate of drug-likeness (QED) is 0.131. The smallest absolute Gasteiger partial charge is 0.118 e. The number of phenols is 1. The molecule has 1 atom stereocenters. The monoisotopic (exact) mass is 575 g/mol. The summed E-state index contributed by atoms with van der Waals surface area (Å²) < 4.78 is 0. The van der Waals surface area contributed by atoms with Gasteiger partial charge in [-0.2, -0.15) is 11.8 Å². The zero-order valence-electron chi connectivity index (χ0n) is 27.5. The molecular formula is C38H70OS. The normalized spacial score (nSPS) is 15.4. The first-order chi connectivity index (χ1) is 19.7. The van der Waals surface area contributed by atoms with Crippen molar-refractivity contribution in [3.63, 3.8) is 0 Å². The van der Waals surface area contributed by atoms with Crippen LogP contribution in [-0.4, -0.2) is 16.1 Å². The largest absolute Gasteiger partial charge is 0.508 e. The minimum absolute atomic E-state index is 0.410. The molecule has 1 aromatic carbocycles. The molecule has 0 aromatic heterocycles. The molecule has 0 bridgehead atoms. The standard InChI is InChI=1S/C22H44S.C16H26O/c1-2-3-4-5-6-7-8-9-10-11-12-13-14-16-19-22-20-17-15-18-21-23-22;1-3-4-5-6-7-8-9-10-15-11-12-16(17)14(2)13-15/h22H,2-21H2,1H3;11-13,17H,3-10H2,1-2H3. The maximum atomic E-state index is 9.44. The van der Waals surface area contributed by atoms with Gasteiger partial charge in [0.15, 0.2) is 0 Å². The van der Waals surface area contributed by atoms with E-state index in [1.165, 1.54) is 178 Å². The van der Waals surface area contributed by atoms with Crippen LogP contribution in [0, 0.1) is 6.92 Å². The van der Waals surface area contributed by atoms with Crippen molar-refractivity contribution < 1.29 is 5.11 Å². The van der Waals surface area contributed by atoms with Crippen molar-refractivity contribution in [1.82, 2.24) is 0 Å². The van der Waals surface area contributed by atoms with Gasteiger partial charge in [-0.25, -0.2) is 0 Å². The highest BCUT2D eigenvalue weighted by Gasteiger charge is 2.11. The van der Waals surface area contributed by atoms with E-state index in [4.69, 9.17) is 0 Å². The molecule has 1 heterocycles. The molecule has 1 aliphatic rings. The highest BCUT2D eigenvalue weighted by Crippen LogP contribution is 2.28. The Morgan fingerprint density at radius 1 is 0.625 bits per heavy atom. The summed E-state index contributed by atoms with van der Waals surface area (Å²) in [6.07, 6.45) is 38.8. The van der Waals surface area contributed by atoms with Crippen molar-refractivity contribution in [1.29, 1.82) is 0 Å². The van der Waals surface area contributed by atoms with Crippen LogP contribution in [0.25, 0.3) is 0 Å². The number of aromatic hydroxyl groups is 1. The van der Waals surface area contributed by atoms with Crippen LogP contribution in [0.4, 0.5) is 0 Å². The van der Waals surface area contributed by atoms with Crippen LogP contribution in [0.2, 0.25) is 0 Å². The van der Waals surface area contributed by atoms with Crippen LogP contribution in [0.5, 0.6) is 5.75 Å². The summed E-state index contributed by atoms with van der Waals surface area (Å²) in [5.74, 6) is 1.84. The van der Waals surface area contributed by atoms with Gasteiger partial charge in [-0.05, 0) is 62.0 Å². The predicted octanol–water partition coefficient (Wildman–Crippen LogP) is 13.5. The van der Waals surface area contributed by atoms with E-state index in [0.717, 1.165) is 17.2 Å². The van der Waals surface area contributed by atoms with Crippen molar-refractivity contribution in [2.45, 2.75) is 199 Å². The summed E-state index contributed by atoms with van der Waals surface area (Å²) in [4.78, 5) is 0. The first kappa shape index (κ1) is 37.4. The van der Waals surface area contributed by atoms with E-state index >= 15 is 0 Å². The maximum Gasteiger partial charge on any atom is 0.118 e. The van der Waals surface area contributed by atoms with E-state index in [1.54, 1.807) is 0 Å². The molecular weight excluding hydrogens is 504 g/mol. The number of hydrogen-bond donors (Lipinski definition) is 1. The number of unbranched alkanes of at least 4 members (excludes halogenated alkanes) is 19. The lowest BCUT2D eigenvalue weighted by Gasteiger charge is -2.12. The van der Waals surface area contributed by atoms with Gasteiger partial charge >= 0.3 is 0 Å². The molecule has 40 heavy (non-hydrogen) atoms. The van der Waals surface area contributed by atoms with Gasteiger partial charge < -0.3 is 5.11 Å². The molecule has 1 fully saturated rings. The highest BCUT2D eigenvalue weighted by atomic mass is 32.2. The highest BCUT2D eigenvalue weighted by molar-refractivity contribution is 7.99. The Hall–Kier alpha value is -0.630. The van der Waals surface area contributed by atoms with Gasteiger partial charge in [-0.3, -0.25) is 0 Å². The van der Waals surface area contributed by atoms with Crippen molar-refractivity contribution in [3.05, 3.63) is 29.3 Å². The van der Waals surface area contributed by atoms with Crippen LogP contribution in [0.15, 0.2) is 18.2 Å². The Morgan fingerprint density at radius 2 is 1.12 bits per heavy atom. The molecule has 0 amide bonds. The molecule has 1 aliphatic heterocycles. The van der Waals surface area contributed by atoms with E-state index < -0.39 is 0 Å². The lowest BCUT2D eigenvalue weighted by Crippen LogP contribution is -2.01. The summed E-state index contributed by atoms with van der Waals surface area (Å²) >= 11 is 2.27. The third-order valence-corrected chi connectivity index (χ3v) is 10.2. The van der Waals surface area contributed by atoms with Crippen molar-refractivity contribution >= 4 is 11.8 Å². The van der Waals surface area contributed by atoms with Crippen molar-refractivity contribution in [3.8, 4) is 5.75 Å². The van der Waals surface area contributed by atoms with Crippen LogP contribution in [0.1, 0.15) is 192 Å². The van der Waals surface area contributed by atoms with Gasteiger partial charge in [0, 0.05) is 5.25 Å². The number of rotatable bonds is 23. The third kappa shape index (κ3) is 23.0. The van der Waals surface area contributed by atoms with Gasteiger partial charge in [0.05, 0.1) is 0 Å². The van der Waals surface area contributed by atoms with E-state index in [1.807, 2.05) is 19.1 Å². The second-order valence-electron chi connectivity index (χ2n) is 12.7. The molecule has 1 N–H and O–H groups in total. The molecule has 0 spiro atoms. The van der Waals surface area contributed by atoms with Crippen molar-refractivity contribution in [2.75, 3.05) is 5.75 Å². The van der Waals surface area contributed by atoms with Crippen LogP contribution >= 0.6 is 11.8 Å². The lowest BCUT2D eigenvalue weighted by molar-refractivity contribution is 0.470. The second kappa shape index (κ2) is 28.5. The molecule has 1 nitrogen and oxygen atoms in total. The lowest BCUT2D eigenvalue weighted by atomic mass is 10.0. The summed E-state index contributed by atoms with van der Waals surface area (Å²) in [7, 11) is 0. The van der Waals surface area contributed by atoms with E-state index in [9.17, 15) is 5.11 Å². The Bertz CT molecular complexity index is 649. The number of hydrogen-bond acceptors (Lipinski definition) is 2. The summed E-state index contributed by atoms with van der Waals surface area (Å²) in [6, 6.07) is 5.96. The van der Waals surface area contributed by atoms with Gasteiger partial charge in [-0.1, -0.05) is 167 Å². The number of benzene rings is 1. The zero-order valence-corrected chi connectivity index (χ0v) is 28.3. The van der Waals surface area contributed by atoms with E-state index in [-0.39, 0.29) is 0 Å². The average Bonchev–Trinajstić information content (AvgIpc) is 3.24. The number of aryl methyl sites for hydroxylation is 2. The Balaban J connectivity index is 0.000000418. The average molecular weight is 575 g/mol. The second-order valence-corrected chi connectivity index (χ2v) is 14.1. The Morgan fingerprint density at radius 3 is 1.65 bits per heavy atom. The molecule has 1 unspecified atom stereocenters. The summed E-state index contributed by atoms with van der Waals surface area (Å²) in [6.45, 7) is 6.52. The molecule has 2 heteroatoms. The minimum atomic E-state index is 0.410. The Kier molecular flexibility index (Phi) is 26.6. The maximum absolute atomic E-state index is 9.44. The minimum Gasteiger partial charge on any atom is -0.508 e. The van der Waals surface area contributed by atoms with Crippen molar-refractivity contribution in [2.24, 2.45) is 0 Å². The fraction of sp³-hybridized carbons (Fsp3) is 0.842. The molecule has 234 valence electrons. The van der Waals surface area contributed by atoms with Crippen LogP contribution < -0.4 is 0 Å². The van der Waals surface area contributed by atoms with Crippen LogP contribution in [0.3, 0.4) is 0 Å². The van der Waals surface area contributed by atoms with Gasteiger partial charge in [0.1, 0.15) is 5.75 Å². The number of phenolic OH excluding ortho intramolecular Hbond substituents is 1. The third-order valence-electron chi connectivity index (χ3n) is 8.73. The van der Waals surface area contributed by atoms with Gasteiger partial charge in [0.2, 0.25) is 0 Å². The fourth-order valence-electron chi connectivity index (χ4n) is 5.94. The molecule has 0 radical (unpaired) electrons. The summed E-state index contributed by atoms with van der Waals surface area (Å²) in [5.41, 5.74) is 2.35. The topological polar surface area (TPSA) is 20.2 Å². The predicted molar refractivity (Wildman–Crippen MR) is 184 cm³/mol. The van der Waals surface area contributed by atoms with E-state index in [0.29, 0.717) is 5.75 Å². The zero-order chi connectivity index (χ0) is 28.9. The fourth-order valence-corrected chi connectivity index (χ4v) is 7.31. The number of thioether (sulfide) groups is 1. The van der Waals surface area contributed by atoms with Gasteiger partial charge in [0.25, 0.3) is 0 Å². The molecule has 2 rings (SSSR count). The Labute approximate surface area is 256 Å². The first-order valence-corrected chi connectivity index (χ1v) is 19.1. The van der Waals surface area contributed by atoms with Gasteiger partial charge in [-0.15, -0.1) is 0 Å². The SMILES string of the molecule is CCCCCCCCCCCCCCCCC1CCCCCS1.CCCCCCCCCc1ccc(O)c(C)c1. The van der Waals surface area contributed by atoms with E-state index in [2.05, 4.69) is 31.7 Å². The molecule has 0 aliphatic carbocycles. The molecule has 1 aromatic rings. The van der Waals surface area contributed by atoms with Crippen LogP contribution in [-0.2, 0) is 6.42 Å². The molecule has 1 saturated heterocycles. The summed E-state index contributed by atoms with van der Waals surface area (Å²) in [5, 5.41) is 10.4. The molecule has 0 saturated carbocycles. The first-order valence-electron chi connectivity index (χ1n) is 18.1.